The van der Waals surface area contributed by atoms with Crippen LogP contribution in [0.5, 0.6) is 0 Å². The van der Waals surface area contributed by atoms with Crippen LogP contribution in [-0.2, 0) is 0 Å². The Kier molecular flexibility index (Phi) is 6.39. The Morgan fingerprint density at radius 1 is 0.667 bits per heavy atom. The summed E-state index contributed by atoms with van der Waals surface area (Å²) in [5, 5.41) is 0. The third kappa shape index (κ3) is 4.15. The largest absolute Gasteiger partial charge is 0.396 e. The van der Waals surface area contributed by atoms with Crippen molar-refractivity contribution < 1.29 is 0 Å². The summed E-state index contributed by atoms with van der Waals surface area (Å²) in [5.41, 5.74) is 22.3. The normalized spacial score (nSPS) is 12.3. The first-order chi connectivity index (χ1) is 19.1. The van der Waals surface area contributed by atoms with Crippen molar-refractivity contribution in [1.29, 1.82) is 0 Å². The number of fused-ring (bicyclic) bond motifs is 2. The van der Waals surface area contributed by atoms with Crippen LogP contribution >= 0.6 is 11.8 Å². The number of rotatable bonds is 5. The predicted molar refractivity (Wildman–Crippen MR) is 168 cm³/mol. The SMILES string of the molecule is C=Nc1c(/N=C\C)c(-c2ccccc2)c(N)c(N)c1-c1ccc(N2c3ccccc3Sc3ccccc32)cc1. The third-order valence-electron chi connectivity index (χ3n) is 6.85. The summed E-state index contributed by atoms with van der Waals surface area (Å²) in [4.78, 5) is 13.8. The molecule has 0 saturated heterocycles. The molecule has 39 heavy (non-hydrogen) atoms. The number of hydrogen-bond acceptors (Lipinski definition) is 6. The first-order valence-electron chi connectivity index (χ1n) is 12.6. The van der Waals surface area contributed by atoms with E-state index in [0.29, 0.717) is 22.7 Å². The Morgan fingerprint density at radius 3 is 1.74 bits per heavy atom. The van der Waals surface area contributed by atoms with Crippen LogP contribution < -0.4 is 16.4 Å². The van der Waals surface area contributed by atoms with Gasteiger partial charge in [0.05, 0.1) is 34.1 Å². The zero-order chi connectivity index (χ0) is 26.9. The van der Waals surface area contributed by atoms with Crippen molar-refractivity contribution >= 4 is 64.5 Å². The van der Waals surface area contributed by atoms with Crippen molar-refractivity contribution in [2.75, 3.05) is 16.4 Å². The van der Waals surface area contributed by atoms with Crippen molar-refractivity contribution in [3.05, 3.63) is 103 Å². The number of anilines is 5. The molecule has 5 aromatic carbocycles. The van der Waals surface area contributed by atoms with Gasteiger partial charge in [-0.3, -0.25) is 9.98 Å². The van der Waals surface area contributed by atoms with Gasteiger partial charge in [-0.25, -0.2) is 0 Å². The van der Waals surface area contributed by atoms with Crippen LogP contribution in [0.1, 0.15) is 6.92 Å². The standard InChI is InChI=1S/C33H27N5S/c1-3-37-33-29(21-11-5-4-6-12-21)31(35)30(34)28(32(33)36-2)22-17-19-23(20-18-22)38-24-13-7-9-15-26(24)39-27-16-10-8-14-25(27)38/h3-20H,2,34-35H2,1H3/b37-3-. The van der Waals surface area contributed by atoms with Gasteiger partial charge in [0.1, 0.15) is 0 Å². The van der Waals surface area contributed by atoms with Crippen LogP contribution in [0.3, 0.4) is 0 Å². The molecule has 190 valence electrons. The maximum absolute atomic E-state index is 6.72. The van der Waals surface area contributed by atoms with Crippen LogP contribution in [0.15, 0.2) is 123 Å². The number of aliphatic imine (C=N–C) groups is 2. The third-order valence-corrected chi connectivity index (χ3v) is 7.98. The molecule has 0 aliphatic carbocycles. The van der Waals surface area contributed by atoms with Gasteiger partial charge in [0, 0.05) is 32.8 Å². The summed E-state index contributed by atoms with van der Waals surface area (Å²) < 4.78 is 0. The molecule has 6 rings (SSSR count). The second kappa shape index (κ2) is 10.2. The molecule has 1 aliphatic heterocycles. The lowest BCUT2D eigenvalue weighted by atomic mass is 9.92. The van der Waals surface area contributed by atoms with E-state index in [-0.39, 0.29) is 0 Å². The van der Waals surface area contributed by atoms with Crippen LogP contribution in [-0.4, -0.2) is 12.9 Å². The van der Waals surface area contributed by atoms with Crippen LogP contribution in [0.25, 0.3) is 22.3 Å². The van der Waals surface area contributed by atoms with E-state index in [4.69, 9.17) is 11.5 Å². The minimum Gasteiger partial charge on any atom is -0.396 e. The van der Waals surface area contributed by atoms with Gasteiger partial charge in [0.2, 0.25) is 0 Å². The maximum atomic E-state index is 6.72. The van der Waals surface area contributed by atoms with Gasteiger partial charge in [-0.2, -0.15) is 0 Å². The first kappa shape index (κ1) is 24.5. The zero-order valence-corrected chi connectivity index (χ0v) is 22.3. The van der Waals surface area contributed by atoms with Crippen molar-refractivity contribution in [1.82, 2.24) is 0 Å². The molecule has 0 spiro atoms. The Hall–Kier alpha value is -4.81. The molecular formula is C33H27N5S. The Balaban J connectivity index is 1.51. The smallest absolute Gasteiger partial charge is 0.0988 e. The maximum Gasteiger partial charge on any atom is 0.0988 e. The lowest BCUT2D eigenvalue weighted by molar-refractivity contribution is 1.17. The Morgan fingerprint density at radius 2 is 1.18 bits per heavy atom. The lowest BCUT2D eigenvalue weighted by Crippen LogP contribution is -2.14. The summed E-state index contributed by atoms with van der Waals surface area (Å²) in [6.45, 7) is 5.75. The van der Waals surface area contributed by atoms with Gasteiger partial charge in [-0.15, -0.1) is 0 Å². The van der Waals surface area contributed by atoms with E-state index in [1.807, 2.05) is 37.3 Å². The van der Waals surface area contributed by atoms with Crippen molar-refractivity contribution in [3.8, 4) is 22.3 Å². The molecule has 5 nitrogen and oxygen atoms in total. The second-order valence-corrected chi connectivity index (χ2v) is 10.2. The minimum atomic E-state index is 0.462. The predicted octanol–water partition coefficient (Wildman–Crippen LogP) is 9.17. The minimum absolute atomic E-state index is 0.462. The van der Waals surface area contributed by atoms with Crippen molar-refractivity contribution in [3.63, 3.8) is 0 Å². The number of nitrogens with zero attached hydrogens (tertiary/aromatic N) is 3. The second-order valence-electron chi connectivity index (χ2n) is 9.11. The van der Waals surface area contributed by atoms with Gasteiger partial charge >= 0.3 is 0 Å². The van der Waals surface area contributed by atoms with Gasteiger partial charge in [-0.1, -0.05) is 78.5 Å². The molecule has 6 heteroatoms. The summed E-state index contributed by atoms with van der Waals surface area (Å²) >= 11 is 1.79. The van der Waals surface area contributed by atoms with Crippen molar-refractivity contribution in [2.24, 2.45) is 9.98 Å². The highest BCUT2D eigenvalue weighted by atomic mass is 32.2. The average molecular weight is 526 g/mol. The molecule has 1 aliphatic rings. The first-order valence-corrected chi connectivity index (χ1v) is 13.5. The highest BCUT2D eigenvalue weighted by Gasteiger charge is 2.26. The Labute approximate surface area is 232 Å². The summed E-state index contributed by atoms with van der Waals surface area (Å²) in [6.07, 6.45) is 1.74. The molecule has 0 saturated carbocycles. The quantitative estimate of drug-likeness (QED) is 0.174. The van der Waals surface area contributed by atoms with E-state index in [2.05, 4.69) is 94.4 Å². The summed E-state index contributed by atoms with van der Waals surface area (Å²) in [5.74, 6) is 0. The number of nitrogen functional groups attached to an aromatic ring is 2. The highest BCUT2D eigenvalue weighted by molar-refractivity contribution is 7.99. The number of nitrogens with two attached hydrogens (primary N) is 2. The van der Waals surface area contributed by atoms with Gasteiger partial charge in [0.25, 0.3) is 0 Å². The molecule has 0 amide bonds. The topological polar surface area (TPSA) is 80.0 Å². The van der Waals surface area contributed by atoms with Crippen LogP contribution in [0.4, 0.5) is 39.8 Å². The van der Waals surface area contributed by atoms with E-state index >= 15 is 0 Å². The molecule has 1 heterocycles. The monoisotopic (exact) mass is 525 g/mol. The summed E-state index contributed by atoms with van der Waals surface area (Å²) in [6, 6.07) is 35.1. The molecule has 0 radical (unpaired) electrons. The van der Waals surface area contributed by atoms with Gasteiger partial charge in [-0.05, 0) is 61.2 Å². The van der Waals surface area contributed by atoms with E-state index in [1.165, 1.54) is 9.79 Å². The Bertz CT molecular complexity index is 1680. The highest BCUT2D eigenvalue weighted by Crippen LogP contribution is 2.54. The fourth-order valence-corrected chi connectivity index (χ4v) is 6.18. The fourth-order valence-electron chi connectivity index (χ4n) is 5.12. The molecule has 5 aromatic rings. The zero-order valence-electron chi connectivity index (χ0n) is 21.5. The van der Waals surface area contributed by atoms with Gasteiger partial charge in [0.15, 0.2) is 0 Å². The van der Waals surface area contributed by atoms with E-state index < -0.39 is 0 Å². The van der Waals surface area contributed by atoms with E-state index in [9.17, 15) is 0 Å². The molecule has 0 atom stereocenters. The average Bonchev–Trinajstić information content (AvgIpc) is 2.98. The van der Waals surface area contributed by atoms with Crippen LogP contribution in [0.2, 0.25) is 0 Å². The van der Waals surface area contributed by atoms with Crippen LogP contribution in [0, 0.1) is 0 Å². The fraction of sp³-hybridized carbons (Fsp3) is 0.0303. The molecule has 0 fully saturated rings. The molecule has 0 unspecified atom stereocenters. The van der Waals surface area contributed by atoms with Crippen molar-refractivity contribution in [2.45, 2.75) is 16.7 Å². The molecule has 0 bridgehead atoms. The molecular weight excluding hydrogens is 498 g/mol. The molecule has 4 N–H and O–H groups in total. The number of hydrogen-bond donors (Lipinski definition) is 2. The lowest BCUT2D eigenvalue weighted by Gasteiger charge is -2.33. The number of para-hydroxylation sites is 2. The molecule has 0 aromatic heterocycles. The van der Waals surface area contributed by atoms with E-state index in [1.54, 1.807) is 18.0 Å². The van der Waals surface area contributed by atoms with E-state index in [0.717, 1.165) is 39.3 Å². The number of benzene rings is 5. The summed E-state index contributed by atoms with van der Waals surface area (Å²) in [7, 11) is 0. The van der Waals surface area contributed by atoms with Gasteiger partial charge < -0.3 is 16.4 Å².